The fourth-order valence-electron chi connectivity index (χ4n) is 3.00. The van der Waals surface area contributed by atoms with Gasteiger partial charge < -0.3 is 10.6 Å². The van der Waals surface area contributed by atoms with Gasteiger partial charge in [-0.25, -0.2) is 4.98 Å². The van der Waals surface area contributed by atoms with E-state index in [-0.39, 0.29) is 24.8 Å². The lowest BCUT2D eigenvalue weighted by Gasteiger charge is -2.06. The maximum Gasteiger partial charge on any atom is 0.239 e. The maximum absolute atomic E-state index is 12.2. The Morgan fingerprint density at radius 2 is 1.67 bits per heavy atom. The number of hydrogen-bond acceptors (Lipinski definition) is 5. The minimum absolute atomic E-state index is 0.0625. The van der Waals surface area contributed by atoms with Crippen LogP contribution in [0.15, 0.2) is 73.1 Å². The average Bonchev–Trinajstić information content (AvgIpc) is 3.19. The normalized spacial score (nSPS) is 10.7. The highest BCUT2D eigenvalue weighted by Crippen LogP contribution is 2.28. The van der Waals surface area contributed by atoms with Gasteiger partial charge >= 0.3 is 0 Å². The van der Waals surface area contributed by atoms with Crippen molar-refractivity contribution in [3.8, 4) is 11.1 Å². The fourth-order valence-corrected chi connectivity index (χ4v) is 4.01. The molecule has 6 nitrogen and oxygen atoms in total. The molecule has 0 atom stereocenters. The number of benzene rings is 2. The minimum Gasteiger partial charge on any atom is -0.350 e. The van der Waals surface area contributed by atoms with Crippen molar-refractivity contribution in [2.24, 2.45) is 0 Å². The van der Waals surface area contributed by atoms with Crippen LogP contribution < -0.4 is 10.6 Å². The highest BCUT2D eigenvalue weighted by molar-refractivity contribution is 7.18. The van der Waals surface area contributed by atoms with E-state index in [0.717, 1.165) is 31.9 Å². The molecule has 2 aromatic heterocycles. The summed E-state index contributed by atoms with van der Waals surface area (Å²) in [6.45, 7) is 0.339. The Morgan fingerprint density at radius 1 is 0.867 bits per heavy atom. The molecule has 0 radical (unpaired) electrons. The third kappa shape index (κ3) is 5.07. The van der Waals surface area contributed by atoms with Crippen LogP contribution in [0.25, 0.3) is 21.3 Å². The molecule has 2 amide bonds. The Balaban J connectivity index is 1.31. The number of aromatic nitrogens is 2. The number of nitrogens with one attached hydrogen (secondary N) is 2. The molecule has 4 rings (SSSR count). The van der Waals surface area contributed by atoms with Crippen molar-refractivity contribution in [1.29, 1.82) is 0 Å². The average molecular weight is 417 g/mol. The van der Waals surface area contributed by atoms with E-state index in [1.54, 1.807) is 12.4 Å². The molecule has 150 valence electrons. The second kappa shape index (κ2) is 9.28. The van der Waals surface area contributed by atoms with Crippen molar-refractivity contribution in [3.63, 3.8) is 0 Å². The van der Waals surface area contributed by atoms with Crippen LogP contribution in [0.2, 0.25) is 0 Å². The molecule has 0 unspecified atom stereocenters. The van der Waals surface area contributed by atoms with Gasteiger partial charge in [0.25, 0.3) is 0 Å². The number of thiazole rings is 1. The molecule has 0 fully saturated rings. The first-order valence-electron chi connectivity index (χ1n) is 9.54. The monoisotopic (exact) mass is 416 g/mol. The molecule has 0 bridgehead atoms. The van der Waals surface area contributed by atoms with Crippen LogP contribution >= 0.6 is 11.3 Å². The predicted molar refractivity (Wildman–Crippen MR) is 118 cm³/mol. The van der Waals surface area contributed by atoms with E-state index in [0.29, 0.717) is 6.54 Å². The van der Waals surface area contributed by atoms with Crippen LogP contribution in [0, 0.1) is 0 Å². The van der Waals surface area contributed by atoms with Gasteiger partial charge in [0.15, 0.2) is 0 Å². The van der Waals surface area contributed by atoms with Gasteiger partial charge in [0.05, 0.1) is 23.2 Å². The van der Waals surface area contributed by atoms with E-state index in [1.165, 1.54) is 11.3 Å². The number of carbonyl (C=O) groups is 2. The molecular weight excluding hydrogens is 396 g/mol. The third-order valence-electron chi connectivity index (χ3n) is 4.54. The molecular formula is C23H20N4O2S. The first kappa shape index (κ1) is 19.7. The van der Waals surface area contributed by atoms with E-state index < -0.39 is 0 Å². The topological polar surface area (TPSA) is 84.0 Å². The number of amides is 2. The number of hydrogen-bond donors (Lipinski definition) is 2. The van der Waals surface area contributed by atoms with Gasteiger partial charge in [0.2, 0.25) is 11.8 Å². The van der Waals surface area contributed by atoms with Crippen LogP contribution in [0.5, 0.6) is 0 Å². The first-order chi connectivity index (χ1) is 14.7. The van der Waals surface area contributed by atoms with Gasteiger partial charge in [-0.2, -0.15) is 0 Å². The number of pyridine rings is 1. The standard InChI is InChI=1S/C23H20N4O2S/c28-21(26-15-22(29)25-14-16-8-10-24-11-9-16)13-23-27-19-7-6-18(12-20(19)30-23)17-4-2-1-3-5-17/h1-12H,13-15H2,(H,25,29)(H,26,28). The van der Waals surface area contributed by atoms with Crippen molar-refractivity contribution in [2.45, 2.75) is 13.0 Å². The molecule has 0 spiro atoms. The van der Waals surface area contributed by atoms with Gasteiger partial charge in [-0.15, -0.1) is 11.3 Å². The summed E-state index contributed by atoms with van der Waals surface area (Å²) in [6.07, 6.45) is 3.49. The Morgan fingerprint density at radius 3 is 2.47 bits per heavy atom. The Kier molecular flexibility index (Phi) is 6.10. The molecule has 0 aliphatic rings. The second-order valence-corrected chi connectivity index (χ2v) is 7.86. The van der Waals surface area contributed by atoms with Gasteiger partial charge in [-0.3, -0.25) is 14.6 Å². The second-order valence-electron chi connectivity index (χ2n) is 6.74. The van der Waals surface area contributed by atoms with Crippen LogP contribution in [-0.4, -0.2) is 28.3 Å². The van der Waals surface area contributed by atoms with Gasteiger partial charge in [0.1, 0.15) is 5.01 Å². The summed E-state index contributed by atoms with van der Waals surface area (Å²) in [7, 11) is 0. The summed E-state index contributed by atoms with van der Waals surface area (Å²) in [5.74, 6) is -0.464. The zero-order valence-electron chi connectivity index (χ0n) is 16.2. The van der Waals surface area contributed by atoms with Crippen molar-refractivity contribution in [1.82, 2.24) is 20.6 Å². The fraction of sp³-hybridized carbons (Fsp3) is 0.130. The van der Waals surface area contributed by atoms with E-state index >= 15 is 0 Å². The van der Waals surface area contributed by atoms with Crippen molar-refractivity contribution in [2.75, 3.05) is 6.54 Å². The van der Waals surface area contributed by atoms with Crippen LogP contribution in [0.4, 0.5) is 0 Å². The highest BCUT2D eigenvalue weighted by atomic mass is 32.1. The SMILES string of the molecule is O=C(CNC(=O)Cc1nc2ccc(-c3ccccc3)cc2s1)NCc1ccncc1. The van der Waals surface area contributed by atoms with Crippen LogP contribution in [-0.2, 0) is 22.6 Å². The van der Waals surface area contributed by atoms with E-state index in [9.17, 15) is 9.59 Å². The number of carbonyl (C=O) groups excluding carboxylic acids is 2. The number of fused-ring (bicyclic) bond motifs is 1. The summed E-state index contributed by atoms with van der Waals surface area (Å²) >= 11 is 1.50. The first-order valence-corrected chi connectivity index (χ1v) is 10.4. The molecule has 0 aliphatic carbocycles. The zero-order chi connectivity index (χ0) is 20.8. The summed E-state index contributed by atoms with van der Waals surface area (Å²) in [5.41, 5.74) is 4.09. The largest absolute Gasteiger partial charge is 0.350 e. The Hall–Kier alpha value is -3.58. The number of rotatable bonds is 7. The summed E-state index contributed by atoms with van der Waals surface area (Å²) < 4.78 is 1.04. The lowest BCUT2D eigenvalue weighted by molar-refractivity contribution is -0.125. The third-order valence-corrected chi connectivity index (χ3v) is 5.55. The summed E-state index contributed by atoms with van der Waals surface area (Å²) in [4.78, 5) is 32.6. The highest BCUT2D eigenvalue weighted by Gasteiger charge is 2.11. The molecule has 7 heteroatoms. The molecule has 30 heavy (non-hydrogen) atoms. The maximum atomic E-state index is 12.2. The Bertz CT molecular complexity index is 1160. The lowest BCUT2D eigenvalue weighted by atomic mass is 10.1. The summed E-state index contributed by atoms with van der Waals surface area (Å²) in [6, 6.07) is 19.9. The zero-order valence-corrected chi connectivity index (χ0v) is 17.0. The van der Waals surface area contributed by atoms with Gasteiger partial charge in [0, 0.05) is 18.9 Å². The molecule has 4 aromatic rings. The van der Waals surface area contributed by atoms with Gasteiger partial charge in [-0.05, 0) is 41.0 Å². The summed E-state index contributed by atoms with van der Waals surface area (Å²) in [5, 5.41) is 6.15. The number of nitrogens with zero attached hydrogens (tertiary/aromatic N) is 2. The van der Waals surface area contributed by atoms with Crippen LogP contribution in [0.3, 0.4) is 0 Å². The predicted octanol–water partition coefficient (Wildman–Crippen LogP) is 3.33. The molecule has 0 aliphatic heterocycles. The van der Waals surface area contributed by atoms with Gasteiger partial charge in [-0.1, -0.05) is 36.4 Å². The van der Waals surface area contributed by atoms with Crippen molar-refractivity contribution in [3.05, 3.63) is 83.6 Å². The van der Waals surface area contributed by atoms with E-state index in [1.807, 2.05) is 42.5 Å². The van der Waals surface area contributed by atoms with E-state index in [2.05, 4.69) is 38.8 Å². The minimum atomic E-state index is -0.239. The van der Waals surface area contributed by atoms with Crippen molar-refractivity contribution >= 4 is 33.4 Å². The molecule has 0 saturated carbocycles. The Labute approximate surface area is 178 Å². The smallest absolute Gasteiger partial charge is 0.239 e. The molecule has 2 heterocycles. The van der Waals surface area contributed by atoms with E-state index in [4.69, 9.17) is 0 Å². The van der Waals surface area contributed by atoms with Crippen molar-refractivity contribution < 1.29 is 9.59 Å². The molecule has 0 saturated heterocycles. The lowest BCUT2D eigenvalue weighted by Crippen LogP contribution is -2.37. The molecule has 2 aromatic carbocycles. The molecule has 2 N–H and O–H groups in total. The van der Waals surface area contributed by atoms with Crippen LogP contribution in [0.1, 0.15) is 10.6 Å². The quantitative estimate of drug-likeness (QED) is 0.484.